The van der Waals surface area contributed by atoms with Crippen LogP contribution in [0.15, 0.2) is 0 Å². The lowest BCUT2D eigenvalue weighted by Gasteiger charge is -2.39. The molecule has 0 saturated carbocycles. The second kappa shape index (κ2) is 5.35. The van der Waals surface area contributed by atoms with Crippen LogP contribution in [0.1, 0.15) is 41.0 Å². The molecule has 0 saturated heterocycles. The van der Waals surface area contributed by atoms with E-state index in [0.29, 0.717) is 0 Å². The van der Waals surface area contributed by atoms with E-state index in [9.17, 15) is 13.2 Å². The van der Waals surface area contributed by atoms with Crippen molar-refractivity contribution in [2.45, 2.75) is 41.0 Å². The van der Waals surface area contributed by atoms with Crippen LogP contribution in [-0.2, 0) is 14.9 Å². The van der Waals surface area contributed by atoms with E-state index < -0.39 is 21.3 Å². The molecule has 0 bridgehead atoms. The predicted octanol–water partition coefficient (Wildman–Crippen LogP) is 1.45. The van der Waals surface area contributed by atoms with Crippen molar-refractivity contribution in [3.8, 4) is 0 Å². The summed E-state index contributed by atoms with van der Waals surface area (Å²) in [4.78, 5) is 12.0. The molecular formula is C11H23NO4S. The second-order valence-corrected chi connectivity index (χ2v) is 6.98. The lowest BCUT2D eigenvalue weighted by molar-refractivity contribution is -0.135. The Kier molecular flexibility index (Phi) is 5.16. The number of hydrogen-bond acceptors (Lipinski definition) is 3. The maximum absolute atomic E-state index is 12.0. The average molecular weight is 265 g/mol. The minimum atomic E-state index is -4.02. The molecule has 0 aromatic heterocycles. The summed E-state index contributed by atoms with van der Waals surface area (Å²) in [5.74, 6) is -0.658. The van der Waals surface area contributed by atoms with Gasteiger partial charge in [0.1, 0.15) is 0 Å². The third-order valence-corrected chi connectivity index (χ3v) is 4.51. The van der Waals surface area contributed by atoms with E-state index in [0.717, 1.165) is 6.42 Å². The van der Waals surface area contributed by atoms with Gasteiger partial charge in [0, 0.05) is 12.0 Å². The molecule has 6 heteroatoms. The summed E-state index contributed by atoms with van der Waals surface area (Å²) in [7, 11) is -4.02. The van der Waals surface area contributed by atoms with Crippen LogP contribution in [0, 0.1) is 10.8 Å². The van der Waals surface area contributed by atoms with Crippen LogP contribution in [0.3, 0.4) is 0 Å². The fourth-order valence-corrected chi connectivity index (χ4v) is 1.62. The van der Waals surface area contributed by atoms with Crippen LogP contribution in [0.4, 0.5) is 0 Å². The first-order valence-electron chi connectivity index (χ1n) is 5.67. The highest BCUT2D eigenvalue weighted by Gasteiger charge is 2.41. The van der Waals surface area contributed by atoms with Gasteiger partial charge in [-0.15, -0.1) is 0 Å². The molecule has 0 heterocycles. The normalized spacial score (nSPS) is 13.5. The van der Waals surface area contributed by atoms with Crippen molar-refractivity contribution in [2.75, 3.05) is 12.3 Å². The molecule has 0 unspecified atom stereocenters. The van der Waals surface area contributed by atoms with E-state index in [1.54, 1.807) is 0 Å². The molecule has 5 nitrogen and oxygen atoms in total. The molecule has 0 rings (SSSR count). The Morgan fingerprint density at radius 3 is 2.06 bits per heavy atom. The van der Waals surface area contributed by atoms with Gasteiger partial charge < -0.3 is 5.32 Å². The average Bonchev–Trinajstić information content (AvgIpc) is 2.15. The Hall–Kier alpha value is -0.620. The molecule has 0 radical (unpaired) electrons. The number of rotatable bonds is 6. The van der Waals surface area contributed by atoms with Gasteiger partial charge >= 0.3 is 0 Å². The van der Waals surface area contributed by atoms with Crippen molar-refractivity contribution in [3.05, 3.63) is 0 Å². The first-order chi connectivity index (χ1) is 7.44. The minimum absolute atomic E-state index is 0.0686. The summed E-state index contributed by atoms with van der Waals surface area (Å²) in [6.45, 7) is 9.59. The summed E-state index contributed by atoms with van der Waals surface area (Å²) in [5.41, 5.74) is -0.782. The van der Waals surface area contributed by atoms with Gasteiger partial charge in [0.25, 0.3) is 10.1 Å². The van der Waals surface area contributed by atoms with Crippen LogP contribution in [0.25, 0.3) is 0 Å². The maximum atomic E-state index is 12.0. The lowest BCUT2D eigenvalue weighted by atomic mass is 9.66. The topological polar surface area (TPSA) is 83.5 Å². The molecule has 0 aromatic carbocycles. The predicted molar refractivity (Wildman–Crippen MR) is 67.3 cm³/mol. The van der Waals surface area contributed by atoms with Crippen LogP contribution >= 0.6 is 0 Å². The van der Waals surface area contributed by atoms with Gasteiger partial charge in [0.05, 0.1) is 5.75 Å². The number of hydrogen-bond donors (Lipinski definition) is 2. The lowest BCUT2D eigenvalue weighted by Crippen LogP contribution is -2.47. The first kappa shape index (κ1) is 16.4. The molecule has 0 atom stereocenters. The molecule has 1 amide bonds. The standard InChI is InChI=1S/C11H23NO4S/c1-6-10(2,3)11(4,5)9(13)12-7-8-17(14,15)16/h6-8H2,1-5H3,(H,12,13)(H,14,15,16). The van der Waals surface area contributed by atoms with Gasteiger partial charge in [-0.2, -0.15) is 8.42 Å². The highest BCUT2D eigenvalue weighted by Crippen LogP contribution is 2.41. The molecular weight excluding hydrogens is 242 g/mol. The van der Waals surface area contributed by atoms with Crippen LogP contribution in [-0.4, -0.2) is 31.2 Å². The Bertz CT molecular complexity index is 371. The van der Waals surface area contributed by atoms with Crippen molar-refractivity contribution < 1.29 is 17.8 Å². The smallest absolute Gasteiger partial charge is 0.266 e. The summed E-state index contributed by atoms with van der Waals surface area (Å²) in [5, 5.41) is 2.54. The molecule has 0 aliphatic carbocycles. The molecule has 0 spiro atoms. The van der Waals surface area contributed by atoms with Crippen LogP contribution in [0.5, 0.6) is 0 Å². The van der Waals surface area contributed by atoms with Crippen LogP contribution < -0.4 is 5.32 Å². The van der Waals surface area contributed by atoms with Gasteiger partial charge in [0.15, 0.2) is 0 Å². The number of nitrogens with one attached hydrogen (secondary N) is 1. The molecule has 2 N–H and O–H groups in total. The van der Waals surface area contributed by atoms with Crippen molar-refractivity contribution in [1.29, 1.82) is 0 Å². The third kappa shape index (κ3) is 4.63. The monoisotopic (exact) mass is 265 g/mol. The number of carbonyl (C=O) groups excluding carboxylic acids is 1. The largest absolute Gasteiger partial charge is 0.355 e. The fourth-order valence-electron chi connectivity index (χ4n) is 1.26. The summed E-state index contributed by atoms with van der Waals surface area (Å²) >= 11 is 0. The van der Waals surface area contributed by atoms with Crippen molar-refractivity contribution in [2.24, 2.45) is 10.8 Å². The zero-order chi connectivity index (χ0) is 13.9. The van der Waals surface area contributed by atoms with Gasteiger partial charge in [-0.1, -0.05) is 34.6 Å². The molecule has 102 valence electrons. The van der Waals surface area contributed by atoms with Gasteiger partial charge in [-0.3, -0.25) is 9.35 Å². The Morgan fingerprint density at radius 2 is 1.71 bits per heavy atom. The SMILES string of the molecule is CCC(C)(C)C(C)(C)C(=O)NCCS(=O)(=O)O. The number of amides is 1. The first-order valence-corrected chi connectivity index (χ1v) is 7.28. The Morgan fingerprint density at radius 1 is 1.24 bits per heavy atom. The quantitative estimate of drug-likeness (QED) is 0.712. The minimum Gasteiger partial charge on any atom is -0.355 e. The van der Waals surface area contributed by atoms with Gasteiger partial charge in [-0.05, 0) is 11.8 Å². The fraction of sp³-hybridized carbons (Fsp3) is 0.909. The number of carbonyl (C=O) groups is 1. The Balaban J connectivity index is 4.52. The van der Waals surface area contributed by atoms with Crippen molar-refractivity contribution in [3.63, 3.8) is 0 Å². The van der Waals surface area contributed by atoms with Crippen LogP contribution in [0.2, 0.25) is 0 Å². The Labute approximate surface area is 104 Å². The van der Waals surface area contributed by atoms with Gasteiger partial charge in [0.2, 0.25) is 5.91 Å². The van der Waals surface area contributed by atoms with Crippen molar-refractivity contribution in [1.82, 2.24) is 5.32 Å². The van der Waals surface area contributed by atoms with E-state index in [2.05, 4.69) is 5.32 Å². The molecule has 0 aromatic rings. The summed E-state index contributed by atoms with van der Waals surface area (Å²) in [6.07, 6.45) is 0.839. The van der Waals surface area contributed by atoms with E-state index in [1.165, 1.54) is 0 Å². The molecule has 0 aliphatic heterocycles. The highest BCUT2D eigenvalue weighted by atomic mass is 32.2. The van der Waals surface area contributed by atoms with E-state index in [4.69, 9.17) is 4.55 Å². The van der Waals surface area contributed by atoms with E-state index in [1.807, 2.05) is 34.6 Å². The molecule has 0 fully saturated rings. The molecule has 0 aliphatic rings. The highest BCUT2D eigenvalue weighted by molar-refractivity contribution is 7.85. The van der Waals surface area contributed by atoms with Gasteiger partial charge in [-0.25, -0.2) is 0 Å². The second-order valence-electron chi connectivity index (χ2n) is 5.40. The van der Waals surface area contributed by atoms with E-state index in [-0.39, 0.29) is 17.9 Å². The zero-order valence-corrected chi connectivity index (χ0v) is 12.0. The summed E-state index contributed by atoms with van der Waals surface area (Å²) < 4.78 is 29.6. The van der Waals surface area contributed by atoms with E-state index >= 15 is 0 Å². The summed E-state index contributed by atoms with van der Waals surface area (Å²) in [6, 6.07) is 0. The maximum Gasteiger partial charge on any atom is 0.266 e. The van der Waals surface area contributed by atoms with Crippen molar-refractivity contribution >= 4 is 16.0 Å². The third-order valence-electron chi connectivity index (χ3n) is 3.79. The molecule has 17 heavy (non-hydrogen) atoms. The zero-order valence-electron chi connectivity index (χ0n) is 11.2.